The van der Waals surface area contributed by atoms with Gasteiger partial charge in [-0.05, 0) is 12.8 Å². The van der Waals surface area contributed by atoms with E-state index in [9.17, 15) is 0 Å². The summed E-state index contributed by atoms with van der Waals surface area (Å²) in [5.41, 5.74) is 3.16. The lowest BCUT2D eigenvalue weighted by Crippen LogP contribution is -2.39. The average Bonchev–Trinajstić information content (AvgIpc) is 3.27. The number of nitrogens with zero attached hydrogens (tertiary/aromatic N) is 8. The van der Waals surface area contributed by atoms with Gasteiger partial charge in [-0.25, -0.2) is 9.97 Å². The number of anilines is 1. The zero-order valence-electron chi connectivity index (χ0n) is 18.7. The number of rotatable bonds is 8. The summed E-state index contributed by atoms with van der Waals surface area (Å²) >= 11 is 0. The lowest BCUT2D eigenvalue weighted by atomic mass is 10.1. The Morgan fingerprint density at radius 1 is 1.27 bits per heavy atom. The maximum Gasteiger partial charge on any atom is 0.194 e. The maximum absolute atomic E-state index is 4.77. The molecule has 0 aliphatic rings. The molecule has 10 nitrogen and oxygen atoms in total. The topological polar surface area (TPSA) is 101 Å². The zero-order valence-corrected chi connectivity index (χ0v) is 18.7. The first-order valence-electron chi connectivity index (χ1n) is 10.3. The van der Waals surface area contributed by atoms with E-state index in [2.05, 4.69) is 69.7 Å². The molecule has 10 heteroatoms. The molecule has 0 aliphatic heterocycles. The maximum atomic E-state index is 4.77. The summed E-state index contributed by atoms with van der Waals surface area (Å²) in [4.78, 5) is 15.5. The van der Waals surface area contributed by atoms with E-state index in [1.807, 2.05) is 18.8 Å². The van der Waals surface area contributed by atoms with Crippen LogP contribution in [-0.4, -0.2) is 67.1 Å². The largest absolute Gasteiger partial charge is 0.367 e. The third-order valence-electron chi connectivity index (χ3n) is 4.78. The van der Waals surface area contributed by atoms with Gasteiger partial charge in [0.05, 0.1) is 23.8 Å². The fourth-order valence-electron chi connectivity index (χ4n) is 3.40. The number of hydrogen-bond donors (Lipinski definition) is 2. The van der Waals surface area contributed by atoms with Crippen molar-refractivity contribution in [3.8, 4) is 0 Å². The molecule has 0 bridgehead atoms. The van der Waals surface area contributed by atoms with Gasteiger partial charge >= 0.3 is 0 Å². The lowest BCUT2D eigenvalue weighted by Gasteiger charge is -2.22. The van der Waals surface area contributed by atoms with Gasteiger partial charge in [0, 0.05) is 52.5 Å². The molecule has 0 aromatic carbocycles. The Morgan fingerprint density at radius 2 is 2.07 bits per heavy atom. The van der Waals surface area contributed by atoms with Gasteiger partial charge in [-0.1, -0.05) is 13.8 Å². The van der Waals surface area contributed by atoms with Crippen molar-refractivity contribution in [2.75, 3.05) is 32.0 Å². The van der Waals surface area contributed by atoms with Gasteiger partial charge in [0.1, 0.15) is 12.1 Å². The van der Waals surface area contributed by atoms with Crippen LogP contribution in [0.5, 0.6) is 0 Å². The molecular weight excluding hydrogens is 380 g/mol. The molecule has 0 aliphatic carbocycles. The highest BCUT2D eigenvalue weighted by Crippen LogP contribution is 2.19. The number of aryl methyl sites for hydroxylation is 2. The molecule has 3 aromatic heterocycles. The Kier molecular flexibility index (Phi) is 6.86. The van der Waals surface area contributed by atoms with E-state index in [1.165, 1.54) is 5.56 Å². The molecule has 3 heterocycles. The second-order valence-electron chi connectivity index (χ2n) is 7.61. The fourth-order valence-corrected chi connectivity index (χ4v) is 3.40. The molecule has 0 radical (unpaired) electrons. The van der Waals surface area contributed by atoms with Crippen LogP contribution in [0.2, 0.25) is 0 Å². The van der Waals surface area contributed by atoms with Crippen molar-refractivity contribution < 1.29 is 0 Å². The minimum absolute atomic E-state index is 0.385. The molecule has 0 unspecified atom stereocenters. The first-order valence-corrected chi connectivity index (χ1v) is 10.3. The number of aromatic nitrogens is 6. The van der Waals surface area contributed by atoms with E-state index < -0.39 is 0 Å². The molecule has 0 atom stereocenters. The molecule has 0 saturated carbocycles. The van der Waals surface area contributed by atoms with Gasteiger partial charge in [-0.3, -0.25) is 14.4 Å². The Balaban J connectivity index is 1.64. The van der Waals surface area contributed by atoms with Crippen molar-refractivity contribution in [1.29, 1.82) is 0 Å². The second kappa shape index (κ2) is 9.55. The minimum atomic E-state index is 0.385. The molecule has 0 fully saturated rings. The van der Waals surface area contributed by atoms with Crippen LogP contribution in [0.3, 0.4) is 0 Å². The van der Waals surface area contributed by atoms with Gasteiger partial charge in [0.2, 0.25) is 0 Å². The number of aliphatic imine (C=N–C) groups is 1. The molecule has 0 amide bonds. The highest BCUT2D eigenvalue weighted by molar-refractivity contribution is 5.86. The van der Waals surface area contributed by atoms with Crippen LogP contribution < -0.4 is 10.6 Å². The lowest BCUT2D eigenvalue weighted by molar-refractivity contribution is 0.474. The third-order valence-corrected chi connectivity index (χ3v) is 4.78. The summed E-state index contributed by atoms with van der Waals surface area (Å²) in [6, 6.07) is 0. The quantitative estimate of drug-likeness (QED) is 0.330. The summed E-state index contributed by atoms with van der Waals surface area (Å²) in [5, 5.41) is 16.5. The fraction of sp³-hybridized carbons (Fsp3) is 0.550. The number of guanidine groups is 1. The highest BCUT2D eigenvalue weighted by atomic mass is 15.3. The van der Waals surface area contributed by atoms with Gasteiger partial charge in [0.15, 0.2) is 11.6 Å². The summed E-state index contributed by atoms with van der Waals surface area (Å²) in [6.07, 6.45) is 5.41. The van der Waals surface area contributed by atoms with Crippen molar-refractivity contribution in [3.63, 3.8) is 0 Å². The zero-order chi connectivity index (χ0) is 21.7. The van der Waals surface area contributed by atoms with Crippen molar-refractivity contribution in [3.05, 3.63) is 30.0 Å². The average molecular weight is 413 g/mol. The molecule has 30 heavy (non-hydrogen) atoms. The van der Waals surface area contributed by atoms with E-state index in [4.69, 9.17) is 4.99 Å². The van der Waals surface area contributed by atoms with Crippen LogP contribution >= 0.6 is 0 Å². The number of hydrogen-bond acceptors (Lipinski definition) is 6. The molecule has 3 rings (SSSR count). The third kappa shape index (κ3) is 4.87. The van der Waals surface area contributed by atoms with Crippen LogP contribution in [0.25, 0.3) is 11.0 Å². The monoisotopic (exact) mass is 412 g/mol. The summed E-state index contributed by atoms with van der Waals surface area (Å²) < 4.78 is 3.62. The van der Waals surface area contributed by atoms with Crippen LogP contribution in [0, 0.1) is 0 Å². The molecule has 2 N–H and O–H groups in total. The van der Waals surface area contributed by atoms with Crippen LogP contribution in [0.4, 0.5) is 5.82 Å². The molecule has 0 saturated heterocycles. The van der Waals surface area contributed by atoms with Crippen molar-refractivity contribution >= 4 is 22.8 Å². The predicted octanol–water partition coefficient (Wildman–Crippen LogP) is 1.73. The van der Waals surface area contributed by atoms with Crippen LogP contribution in [0.15, 0.2) is 23.7 Å². The summed E-state index contributed by atoms with van der Waals surface area (Å²) in [7, 11) is 5.89. The van der Waals surface area contributed by atoms with Crippen LogP contribution in [0.1, 0.15) is 37.9 Å². The SMILES string of the molecule is CCNC(=NCCNc1ncnc2c1cnn2C)N(C)Cc1cn(C)nc1C(C)C. The second-order valence-corrected chi connectivity index (χ2v) is 7.61. The predicted molar refractivity (Wildman–Crippen MR) is 120 cm³/mol. The van der Waals surface area contributed by atoms with Crippen molar-refractivity contribution in [1.82, 2.24) is 39.7 Å². The number of nitrogens with one attached hydrogen (secondary N) is 2. The summed E-state index contributed by atoms with van der Waals surface area (Å²) in [6.45, 7) is 9.25. The first kappa shape index (κ1) is 21.5. The summed E-state index contributed by atoms with van der Waals surface area (Å²) in [5.74, 6) is 2.03. The van der Waals surface area contributed by atoms with E-state index in [0.29, 0.717) is 19.0 Å². The molecule has 0 spiro atoms. The van der Waals surface area contributed by atoms with Gasteiger partial charge in [0.25, 0.3) is 0 Å². The van der Waals surface area contributed by atoms with Gasteiger partial charge in [-0.15, -0.1) is 0 Å². The van der Waals surface area contributed by atoms with Gasteiger partial charge in [-0.2, -0.15) is 10.2 Å². The van der Waals surface area contributed by atoms with E-state index in [0.717, 1.165) is 41.6 Å². The van der Waals surface area contributed by atoms with Crippen LogP contribution in [-0.2, 0) is 20.6 Å². The Labute approximate surface area is 177 Å². The molecular formula is C20H32N10. The Morgan fingerprint density at radius 3 is 2.80 bits per heavy atom. The first-order chi connectivity index (χ1) is 14.4. The highest BCUT2D eigenvalue weighted by Gasteiger charge is 2.15. The molecule has 162 valence electrons. The normalized spacial score (nSPS) is 12.0. The Bertz CT molecular complexity index is 1000. The molecule has 3 aromatic rings. The number of fused-ring (bicyclic) bond motifs is 1. The van der Waals surface area contributed by atoms with Gasteiger partial charge < -0.3 is 15.5 Å². The van der Waals surface area contributed by atoms with E-state index in [-0.39, 0.29) is 0 Å². The van der Waals surface area contributed by atoms with Crippen molar-refractivity contribution in [2.24, 2.45) is 19.1 Å². The Hall–Kier alpha value is -3.17. The van der Waals surface area contributed by atoms with E-state index >= 15 is 0 Å². The van der Waals surface area contributed by atoms with Crippen molar-refractivity contribution in [2.45, 2.75) is 33.2 Å². The smallest absolute Gasteiger partial charge is 0.194 e. The van der Waals surface area contributed by atoms with E-state index in [1.54, 1.807) is 17.2 Å². The minimum Gasteiger partial charge on any atom is -0.367 e. The standard InChI is InChI=1S/C20H32N10/c1-7-21-20(28(4)11-15-12-29(5)27-17(15)14(2)3)23-9-8-22-18-16-10-26-30(6)19(16)25-13-24-18/h10,12-14H,7-9,11H2,1-6H3,(H,21,23)(H,22,24,25).